The van der Waals surface area contributed by atoms with Gasteiger partial charge < -0.3 is 9.84 Å². The average molecular weight is 723 g/mol. The fourth-order valence-electron chi connectivity index (χ4n) is 3.66. The Hall–Kier alpha value is -3.70. The summed E-state index contributed by atoms with van der Waals surface area (Å²) >= 11 is 0. The molecule has 0 heterocycles. The van der Waals surface area contributed by atoms with Gasteiger partial charge in [-0.3, -0.25) is 14.4 Å². The van der Waals surface area contributed by atoms with Crippen LogP contribution in [0.3, 0.4) is 0 Å². The van der Waals surface area contributed by atoms with Crippen LogP contribution in [0.4, 0.5) is 18.0 Å². The molecule has 2 atom stereocenters. The molecule has 0 aliphatic carbocycles. The summed E-state index contributed by atoms with van der Waals surface area (Å²) in [6.07, 6.45) is -3.27. The van der Waals surface area contributed by atoms with Crippen LogP contribution in [-0.2, 0) is 32.9 Å². The molecule has 0 radical (unpaired) electrons. The van der Waals surface area contributed by atoms with Gasteiger partial charge in [0.15, 0.2) is 17.5 Å². The number of ether oxygens (including phenoxy) is 1. The van der Waals surface area contributed by atoms with Crippen molar-refractivity contribution in [2.24, 2.45) is 0 Å². The summed E-state index contributed by atoms with van der Waals surface area (Å²) in [5, 5.41) is 10.4. The van der Waals surface area contributed by atoms with Gasteiger partial charge in [0, 0.05) is 10.7 Å². The summed E-state index contributed by atoms with van der Waals surface area (Å²) < 4.78 is 97.0. The minimum absolute atomic E-state index is 0.143. The van der Waals surface area contributed by atoms with Gasteiger partial charge in [-0.05, 0) is 83.0 Å². The minimum atomic E-state index is -4.25. The molecule has 47 heavy (non-hydrogen) atoms. The van der Waals surface area contributed by atoms with Crippen molar-refractivity contribution in [2.75, 3.05) is 6.61 Å². The summed E-state index contributed by atoms with van der Waals surface area (Å²) in [5.41, 5.74) is 4.49. The fourth-order valence-corrected chi connectivity index (χ4v) is 5.37. The minimum Gasteiger partial charge on any atom is -0.443 e. The Morgan fingerprint density at radius 2 is 1.32 bits per heavy atom. The van der Waals surface area contributed by atoms with Crippen LogP contribution in [0.2, 0.25) is 0 Å². The molecular weight excluding hydrogens is 689 g/mol. The zero-order valence-electron chi connectivity index (χ0n) is 25.9. The molecule has 0 saturated carbocycles. The van der Waals surface area contributed by atoms with Crippen molar-refractivity contribution in [2.45, 2.75) is 68.5 Å². The molecule has 0 spiro atoms. The summed E-state index contributed by atoms with van der Waals surface area (Å²) in [6, 6.07) is 13.2. The maximum atomic E-state index is 13.8. The van der Waals surface area contributed by atoms with E-state index in [1.165, 1.54) is 24.3 Å². The molecule has 3 aromatic rings. The molecule has 2 amide bonds. The number of halogens is 4. The van der Waals surface area contributed by atoms with Gasteiger partial charge >= 0.3 is 6.09 Å². The van der Waals surface area contributed by atoms with Gasteiger partial charge in [0.1, 0.15) is 5.60 Å². The molecular formula is C30H34ClF3N2O9S2. The first kappa shape index (κ1) is 39.5. The Balaban J connectivity index is 0.000000587. The van der Waals surface area contributed by atoms with Crippen LogP contribution >= 0.6 is 10.7 Å². The van der Waals surface area contributed by atoms with Crippen molar-refractivity contribution >= 4 is 41.9 Å². The van der Waals surface area contributed by atoms with Gasteiger partial charge in [-0.25, -0.2) is 31.8 Å². The molecule has 17 heteroatoms. The molecule has 0 aromatic heterocycles. The molecule has 0 bridgehead atoms. The maximum absolute atomic E-state index is 13.8. The van der Waals surface area contributed by atoms with E-state index in [2.05, 4.69) is 0 Å². The second kappa shape index (κ2) is 16.4. The van der Waals surface area contributed by atoms with E-state index in [-0.39, 0.29) is 15.4 Å². The molecule has 3 aromatic carbocycles. The molecule has 0 saturated heterocycles. The van der Waals surface area contributed by atoms with Gasteiger partial charge in [-0.2, -0.15) is 8.42 Å². The topological polar surface area (TPSA) is 165 Å². The molecule has 0 aliphatic heterocycles. The van der Waals surface area contributed by atoms with Gasteiger partial charge in [-0.1, -0.05) is 35.4 Å². The highest BCUT2D eigenvalue weighted by atomic mass is 35.7. The first-order valence-corrected chi connectivity index (χ1v) is 17.4. The Kier molecular flexibility index (Phi) is 13.8. The highest BCUT2D eigenvalue weighted by molar-refractivity contribution is 8.13. The predicted molar refractivity (Wildman–Crippen MR) is 166 cm³/mol. The molecule has 258 valence electrons. The summed E-state index contributed by atoms with van der Waals surface area (Å²) in [5.74, 6) is -7.54. The lowest BCUT2D eigenvalue weighted by Crippen LogP contribution is -2.46. The first-order valence-electron chi connectivity index (χ1n) is 13.7. The zero-order chi connectivity index (χ0) is 35.7. The van der Waals surface area contributed by atoms with Crippen molar-refractivity contribution in [3.63, 3.8) is 0 Å². The SMILES string of the molecule is Cc1ccc(S(=O)(=O)Cl)cc1.Cc1ccc(S(=O)(=O)OCC(O)CC(C(=O)NNC(=O)OC(C)(C)C)c2cc(F)c(F)c(F)c2)cc1. The van der Waals surface area contributed by atoms with Crippen molar-refractivity contribution in [3.05, 3.63) is 94.8 Å². The normalized spacial score (nSPS) is 13.1. The summed E-state index contributed by atoms with van der Waals surface area (Å²) in [4.78, 5) is 24.5. The molecule has 0 aliphatic rings. The van der Waals surface area contributed by atoms with Crippen molar-refractivity contribution in [3.8, 4) is 0 Å². The lowest BCUT2D eigenvalue weighted by atomic mass is 9.92. The number of hydrogen-bond acceptors (Lipinski definition) is 9. The summed E-state index contributed by atoms with van der Waals surface area (Å²) in [6.45, 7) is 7.55. The van der Waals surface area contributed by atoms with Crippen LogP contribution in [0.25, 0.3) is 0 Å². The number of amides is 2. The third kappa shape index (κ3) is 13.1. The van der Waals surface area contributed by atoms with Crippen molar-refractivity contribution in [1.82, 2.24) is 10.9 Å². The third-order valence-corrected chi connectivity index (χ3v) is 8.61. The van der Waals surface area contributed by atoms with Crippen LogP contribution in [0.15, 0.2) is 70.5 Å². The number of aryl methyl sites for hydroxylation is 2. The van der Waals surface area contributed by atoms with Crippen LogP contribution in [-0.4, -0.2) is 52.3 Å². The van der Waals surface area contributed by atoms with Crippen LogP contribution in [0.5, 0.6) is 0 Å². The molecule has 2 unspecified atom stereocenters. The number of carbonyl (C=O) groups excluding carboxylic acids is 2. The average Bonchev–Trinajstić information content (AvgIpc) is 2.95. The lowest BCUT2D eigenvalue weighted by molar-refractivity contribution is -0.124. The maximum Gasteiger partial charge on any atom is 0.426 e. The molecule has 3 rings (SSSR count). The first-order chi connectivity index (χ1) is 21.6. The van der Waals surface area contributed by atoms with Crippen LogP contribution < -0.4 is 10.9 Å². The lowest BCUT2D eigenvalue weighted by Gasteiger charge is -2.22. The van der Waals surface area contributed by atoms with E-state index >= 15 is 0 Å². The Bertz CT molecular complexity index is 1740. The van der Waals surface area contributed by atoms with E-state index < -0.39 is 79.3 Å². The second-order valence-electron chi connectivity index (χ2n) is 11.2. The van der Waals surface area contributed by atoms with Gasteiger partial charge in [0.2, 0.25) is 5.91 Å². The van der Waals surface area contributed by atoms with Crippen molar-refractivity contribution < 1.29 is 53.6 Å². The Morgan fingerprint density at radius 3 is 1.77 bits per heavy atom. The number of aliphatic hydroxyl groups excluding tert-OH is 1. The van der Waals surface area contributed by atoms with E-state index in [0.29, 0.717) is 12.1 Å². The predicted octanol–water partition coefficient (Wildman–Crippen LogP) is 5.13. The van der Waals surface area contributed by atoms with E-state index in [1.54, 1.807) is 52.0 Å². The van der Waals surface area contributed by atoms with Gasteiger partial charge in [-0.15, -0.1) is 0 Å². The van der Waals surface area contributed by atoms with Gasteiger partial charge in [0.05, 0.1) is 28.4 Å². The van der Waals surface area contributed by atoms with E-state index in [9.17, 15) is 44.7 Å². The number of nitrogens with one attached hydrogen (secondary N) is 2. The smallest absolute Gasteiger partial charge is 0.426 e. The highest BCUT2D eigenvalue weighted by Crippen LogP contribution is 2.26. The van der Waals surface area contributed by atoms with Crippen LogP contribution in [0, 0.1) is 31.3 Å². The van der Waals surface area contributed by atoms with Crippen LogP contribution in [0.1, 0.15) is 49.8 Å². The quantitative estimate of drug-likeness (QED) is 0.118. The molecule has 0 fully saturated rings. The monoisotopic (exact) mass is 722 g/mol. The zero-order valence-corrected chi connectivity index (χ0v) is 28.3. The highest BCUT2D eigenvalue weighted by Gasteiger charge is 2.29. The Labute approximate surface area is 275 Å². The summed E-state index contributed by atoms with van der Waals surface area (Å²) in [7, 11) is -2.72. The van der Waals surface area contributed by atoms with Crippen molar-refractivity contribution in [1.29, 1.82) is 0 Å². The number of aliphatic hydroxyl groups is 1. The van der Waals surface area contributed by atoms with E-state index in [1.807, 2.05) is 17.8 Å². The molecule has 11 nitrogen and oxygen atoms in total. The van der Waals surface area contributed by atoms with E-state index in [0.717, 1.165) is 11.1 Å². The fraction of sp³-hybridized carbons (Fsp3) is 0.333. The third-order valence-electron chi connectivity index (χ3n) is 5.95. The van der Waals surface area contributed by atoms with Gasteiger partial charge in [0.25, 0.3) is 19.2 Å². The van der Waals surface area contributed by atoms with E-state index in [4.69, 9.17) is 19.6 Å². The standard InChI is InChI=1S/C23H27F3N2O7S.C7H7ClO2S/c1-13-5-7-16(8-6-13)36(32,33)34-12-15(29)11-17(14-9-18(24)20(26)19(25)10-14)21(30)27-28-22(31)35-23(2,3)4;1-6-2-4-7(5-3-6)11(8,9)10/h5-10,15,17,29H,11-12H2,1-4H3,(H,27,30)(H,28,31);2-5H,1H3. The number of hydrogen-bond donors (Lipinski definition) is 3. The number of rotatable bonds is 9. The largest absolute Gasteiger partial charge is 0.443 e. The number of carbonyl (C=O) groups is 2. The second-order valence-corrected chi connectivity index (χ2v) is 15.3. The Morgan fingerprint density at radius 1 is 0.851 bits per heavy atom. The number of hydrazine groups is 1. The number of benzene rings is 3. The molecule has 3 N–H and O–H groups in total.